The molecule has 0 bridgehead atoms. The average Bonchev–Trinajstić information content (AvgIpc) is 3.11. The number of benzene rings is 2. The van der Waals surface area contributed by atoms with E-state index in [9.17, 15) is 4.79 Å². The summed E-state index contributed by atoms with van der Waals surface area (Å²) in [5.41, 5.74) is 5.85. The van der Waals surface area contributed by atoms with Crippen LogP contribution in [0.5, 0.6) is 0 Å². The first-order valence-electron chi connectivity index (χ1n) is 12.1. The van der Waals surface area contributed by atoms with E-state index >= 15 is 0 Å². The number of pyridine rings is 1. The molecule has 4 rings (SSSR count). The third-order valence-corrected chi connectivity index (χ3v) is 6.52. The Kier molecular flexibility index (Phi) is 7.27. The molecular formula is C29H32N4O. The number of aryl methyl sites for hydroxylation is 1. The van der Waals surface area contributed by atoms with Gasteiger partial charge in [0.15, 0.2) is 0 Å². The number of rotatable bonds is 5. The number of anilines is 1. The molecule has 1 N–H and O–H groups in total. The number of nitriles is 1. The Morgan fingerprint density at radius 1 is 1.09 bits per heavy atom. The molecule has 0 radical (unpaired) electrons. The fourth-order valence-corrected chi connectivity index (χ4v) is 4.65. The number of likely N-dealkylation sites (tertiary alicyclic amines) is 1. The lowest BCUT2D eigenvalue weighted by Gasteiger charge is -2.21. The van der Waals surface area contributed by atoms with Crippen LogP contribution in [0.15, 0.2) is 60.8 Å². The van der Waals surface area contributed by atoms with Gasteiger partial charge in [-0.25, -0.2) is 4.98 Å². The summed E-state index contributed by atoms with van der Waals surface area (Å²) in [6, 6.07) is 20.4. The van der Waals surface area contributed by atoms with Crippen molar-refractivity contribution in [2.24, 2.45) is 0 Å². The number of carbonyl (C=O) groups excluding carboxylic acids is 1. The summed E-state index contributed by atoms with van der Waals surface area (Å²) in [6.07, 6.45) is 4.83. The standard InChI is InChI=1S/C29H32N4O/c1-20(2)32-28-13-12-26(19-31-28)27-17-25(9-6-21(27)3)29(34)33-15-4-5-23(14-16-33)24-10-7-22(18-30)8-11-24/h6-13,17,19-20,23H,4-5,14-16H2,1-3H3,(H,31,32). The van der Waals surface area contributed by atoms with Crippen molar-refractivity contribution in [2.45, 2.75) is 52.0 Å². The quantitative estimate of drug-likeness (QED) is 0.503. The van der Waals surface area contributed by atoms with E-state index in [1.165, 1.54) is 5.56 Å². The van der Waals surface area contributed by atoms with Crippen molar-refractivity contribution in [2.75, 3.05) is 18.4 Å². The molecule has 5 nitrogen and oxygen atoms in total. The highest BCUT2D eigenvalue weighted by Gasteiger charge is 2.23. The molecule has 1 fully saturated rings. The second kappa shape index (κ2) is 10.5. The van der Waals surface area contributed by atoms with Gasteiger partial charge in [0.1, 0.15) is 5.82 Å². The SMILES string of the molecule is Cc1ccc(C(=O)N2CCCC(c3ccc(C#N)cc3)CC2)cc1-c1ccc(NC(C)C)nc1. The van der Waals surface area contributed by atoms with E-state index < -0.39 is 0 Å². The summed E-state index contributed by atoms with van der Waals surface area (Å²) in [5, 5.41) is 12.4. The van der Waals surface area contributed by atoms with Gasteiger partial charge in [0.2, 0.25) is 0 Å². The van der Waals surface area contributed by atoms with E-state index in [0.29, 0.717) is 17.5 Å². The molecular weight excluding hydrogens is 420 g/mol. The Hall–Kier alpha value is -3.65. The van der Waals surface area contributed by atoms with Crippen LogP contribution < -0.4 is 5.32 Å². The lowest BCUT2D eigenvalue weighted by Crippen LogP contribution is -2.32. The molecule has 2 heterocycles. The van der Waals surface area contributed by atoms with E-state index in [0.717, 1.165) is 60.4 Å². The van der Waals surface area contributed by atoms with E-state index in [1.807, 2.05) is 47.5 Å². The maximum atomic E-state index is 13.4. The molecule has 0 saturated carbocycles. The lowest BCUT2D eigenvalue weighted by atomic mass is 9.91. The Balaban J connectivity index is 1.48. The fraction of sp³-hybridized carbons (Fsp3) is 0.345. The first kappa shape index (κ1) is 23.5. The maximum absolute atomic E-state index is 13.4. The molecule has 1 aromatic heterocycles. The molecule has 1 saturated heterocycles. The zero-order valence-electron chi connectivity index (χ0n) is 20.2. The maximum Gasteiger partial charge on any atom is 0.253 e. The van der Waals surface area contributed by atoms with Crippen molar-refractivity contribution in [3.8, 4) is 17.2 Å². The van der Waals surface area contributed by atoms with Gasteiger partial charge in [-0.2, -0.15) is 5.26 Å². The van der Waals surface area contributed by atoms with Crippen molar-refractivity contribution < 1.29 is 4.79 Å². The van der Waals surface area contributed by atoms with Gasteiger partial charge in [0.05, 0.1) is 11.6 Å². The van der Waals surface area contributed by atoms with Crippen LogP contribution in [0, 0.1) is 18.3 Å². The van der Waals surface area contributed by atoms with Gasteiger partial charge in [-0.05, 0) is 99.0 Å². The number of nitrogens with one attached hydrogen (secondary N) is 1. The molecule has 0 spiro atoms. The number of carbonyl (C=O) groups is 1. The molecule has 1 amide bonds. The highest BCUT2D eigenvalue weighted by molar-refractivity contribution is 5.95. The summed E-state index contributed by atoms with van der Waals surface area (Å²) in [5.74, 6) is 1.36. The minimum Gasteiger partial charge on any atom is -0.368 e. The van der Waals surface area contributed by atoms with E-state index in [2.05, 4.69) is 55.3 Å². The van der Waals surface area contributed by atoms with Gasteiger partial charge in [0.25, 0.3) is 5.91 Å². The summed E-state index contributed by atoms with van der Waals surface area (Å²) < 4.78 is 0. The van der Waals surface area contributed by atoms with Crippen LogP contribution in [-0.4, -0.2) is 34.9 Å². The second-order valence-electron chi connectivity index (χ2n) is 9.41. The molecule has 34 heavy (non-hydrogen) atoms. The number of hydrogen-bond acceptors (Lipinski definition) is 4. The minimum absolute atomic E-state index is 0.0905. The van der Waals surface area contributed by atoms with E-state index in [1.54, 1.807) is 0 Å². The first-order chi connectivity index (χ1) is 16.4. The highest BCUT2D eigenvalue weighted by atomic mass is 16.2. The summed E-state index contributed by atoms with van der Waals surface area (Å²) in [7, 11) is 0. The number of nitrogens with zero attached hydrogens (tertiary/aromatic N) is 3. The minimum atomic E-state index is 0.0905. The van der Waals surface area contributed by atoms with E-state index in [4.69, 9.17) is 5.26 Å². The monoisotopic (exact) mass is 452 g/mol. The first-order valence-corrected chi connectivity index (χ1v) is 12.1. The zero-order chi connectivity index (χ0) is 24.1. The summed E-state index contributed by atoms with van der Waals surface area (Å²) >= 11 is 0. The molecule has 2 aromatic carbocycles. The molecule has 1 aliphatic heterocycles. The van der Waals surface area contributed by atoms with Crippen molar-refractivity contribution in [3.63, 3.8) is 0 Å². The molecule has 1 unspecified atom stereocenters. The zero-order valence-corrected chi connectivity index (χ0v) is 20.2. The Labute approximate surface area is 202 Å². The lowest BCUT2D eigenvalue weighted by molar-refractivity contribution is 0.0761. The van der Waals surface area contributed by atoms with Crippen LogP contribution in [0.1, 0.15) is 66.1 Å². The van der Waals surface area contributed by atoms with Crippen LogP contribution in [0.4, 0.5) is 5.82 Å². The molecule has 3 aromatic rings. The van der Waals surface area contributed by atoms with Crippen molar-refractivity contribution in [1.82, 2.24) is 9.88 Å². The van der Waals surface area contributed by atoms with Gasteiger partial charge in [0, 0.05) is 36.5 Å². The smallest absolute Gasteiger partial charge is 0.253 e. The Morgan fingerprint density at radius 3 is 2.56 bits per heavy atom. The number of amides is 1. The fourth-order valence-electron chi connectivity index (χ4n) is 4.65. The van der Waals surface area contributed by atoms with Crippen LogP contribution >= 0.6 is 0 Å². The predicted octanol–water partition coefficient (Wildman–Crippen LogP) is 6.16. The number of aromatic nitrogens is 1. The topological polar surface area (TPSA) is 69.0 Å². The van der Waals surface area contributed by atoms with Gasteiger partial charge in [-0.15, -0.1) is 0 Å². The largest absolute Gasteiger partial charge is 0.368 e. The van der Waals surface area contributed by atoms with Gasteiger partial charge >= 0.3 is 0 Å². The molecule has 0 aliphatic carbocycles. The Bertz CT molecular complexity index is 1180. The van der Waals surface area contributed by atoms with Crippen LogP contribution in [0.3, 0.4) is 0 Å². The average molecular weight is 453 g/mol. The molecule has 5 heteroatoms. The third kappa shape index (κ3) is 5.46. The molecule has 174 valence electrons. The molecule has 1 aliphatic rings. The van der Waals surface area contributed by atoms with Crippen LogP contribution in [0.2, 0.25) is 0 Å². The molecule has 1 atom stereocenters. The summed E-state index contributed by atoms with van der Waals surface area (Å²) in [4.78, 5) is 19.9. The number of hydrogen-bond donors (Lipinski definition) is 1. The van der Waals surface area contributed by atoms with Crippen LogP contribution in [0.25, 0.3) is 11.1 Å². The van der Waals surface area contributed by atoms with E-state index in [-0.39, 0.29) is 5.91 Å². The Morgan fingerprint density at radius 2 is 1.88 bits per heavy atom. The van der Waals surface area contributed by atoms with Crippen molar-refractivity contribution in [3.05, 3.63) is 83.0 Å². The van der Waals surface area contributed by atoms with Crippen molar-refractivity contribution in [1.29, 1.82) is 5.26 Å². The normalized spacial score (nSPS) is 16.1. The van der Waals surface area contributed by atoms with Crippen LogP contribution in [-0.2, 0) is 0 Å². The predicted molar refractivity (Wildman–Crippen MR) is 137 cm³/mol. The highest BCUT2D eigenvalue weighted by Crippen LogP contribution is 2.30. The second-order valence-corrected chi connectivity index (χ2v) is 9.41. The van der Waals surface area contributed by atoms with Crippen molar-refractivity contribution >= 4 is 11.7 Å². The van der Waals surface area contributed by atoms with Gasteiger partial charge in [-0.3, -0.25) is 4.79 Å². The summed E-state index contributed by atoms with van der Waals surface area (Å²) in [6.45, 7) is 7.75. The van der Waals surface area contributed by atoms with Gasteiger partial charge < -0.3 is 10.2 Å². The van der Waals surface area contributed by atoms with Gasteiger partial charge in [-0.1, -0.05) is 18.2 Å². The third-order valence-electron chi connectivity index (χ3n) is 6.52.